The number of nitrogen functional groups attached to an aromatic ring is 1. The lowest BCUT2D eigenvalue weighted by Gasteiger charge is -2.25. The Morgan fingerprint density at radius 3 is 2.75 bits per heavy atom. The van der Waals surface area contributed by atoms with Gasteiger partial charge in [-0.15, -0.1) is 0 Å². The van der Waals surface area contributed by atoms with Gasteiger partial charge in [0.25, 0.3) is 0 Å². The van der Waals surface area contributed by atoms with E-state index < -0.39 is 0 Å². The first-order valence-corrected chi connectivity index (χ1v) is 5.35. The number of carbonyl (C=O) groups is 1. The van der Waals surface area contributed by atoms with Crippen molar-refractivity contribution in [3.63, 3.8) is 0 Å². The number of hydrogen-bond donors (Lipinski definition) is 1. The van der Waals surface area contributed by atoms with Crippen molar-refractivity contribution in [2.24, 2.45) is 0 Å². The Balaban J connectivity index is 2.09. The van der Waals surface area contributed by atoms with Gasteiger partial charge in [0.2, 0.25) is 0 Å². The van der Waals surface area contributed by atoms with Gasteiger partial charge in [-0.3, -0.25) is 0 Å². The third-order valence-corrected chi connectivity index (χ3v) is 2.80. The van der Waals surface area contributed by atoms with Crippen molar-refractivity contribution in [1.82, 2.24) is 0 Å². The molecule has 1 aromatic carbocycles. The molecule has 0 aromatic heterocycles. The molecule has 1 aliphatic rings. The highest BCUT2D eigenvalue weighted by atomic mass is 16.5. The first-order valence-electron chi connectivity index (χ1n) is 5.35. The monoisotopic (exact) mass is 221 g/mol. The summed E-state index contributed by atoms with van der Waals surface area (Å²) in [5.41, 5.74) is 6.66. The average Bonchev–Trinajstić information content (AvgIpc) is 2.24. The number of anilines is 1. The lowest BCUT2D eigenvalue weighted by molar-refractivity contribution is 0.00898. The number of hydrogen-bond acceptors (Lipinski definition) is 4. The first kappa shape index (κ1) is 10.8. The molecule has 0 unspecified atom stereocenters. The van der Waals surface area contributed by atoms with Crippen molar-refractivity contribution in [2.75, 3.05) is 12.8 Å². The molecular formula is C12H15NO3. The summed E-state index contributed by atoms with van der Waals surface area (Å²) in [6.45, 7) is 0. The zero-order valence-electron chi connectivity index (χ0n) is 9.23. The van der Waals surface area contributed by atoms with Gasteiger partial charge < -0.3 is 15.2 Å². The van der Waals surface area contributed by atoms with Crippen LogP contribution in [0.4, 0.5) is 5.69 Å². The van der Waals surface area contributed by atoms with Crippen LogP contribution in [0.1, 0.15) is 29.6 Å². The van der Waals surface area contributed by atoms with E-state index >= 15 is 0 Å². The minimum Gasteiger partial charge on any atom is -0.495 e. The van der Waals surface area contributed by atoms with Crippen LogP contribution in [0.3, 0.4) is 0 Å². The molecule has 0 atom stereocenters. The summed E-state index contributed by atoms with van der Waals surface area (Å²) in [5.74, 6) is 0.200. The summed E-state index contributed by atoms with van der Waals surface area (Å²) in [6.07, 6.45) is 3.18. The highest BCUT2D eigenvalue weighted by Gasteiger charge is 2.22. The Hall–Kier alpha value is -1.71. The Morgan fingerprint density at radius 2 is 2.19 bits per heavy atom. The molecule has 4 heteroatoms. The molecule has 0 heterocycles. The predicted molar refractivity (Wildman–Crippen MR) is 60.5 cm³/mol. The molecule has 0 spiro atoms. The number of rotatable bonds is 3. The van der Waals surface area contributed by atoms with E-state index in [0.29, 0.717) is 17.0 Å². The van der Waals surface area contributed by atoms with Crippen LogP contribution in [0.25, 0.3) is 0 Å². The summed E-state index contributed by atoms with van der Waals surface area (Å²) in [6, 6.07) is 4.91. The largest absolute Gasteiger partial charge is 0.495 e. The number of esters is 1. The summed E-state index contributed by atoms with van der Waals surface area (Å²) in [5, 5.41) is 0. The van der Waals surface area contributed by atoms with Crippen molar-refractivity contribution in [3.05, 3.63) is 23.8 Å². The second-order valence-electron chi connectivity index (χ2n) is 3.91. The second kappa shape index (κ2) is 4.43. The molecule has 16 heavy (non-hydrogen) atoms. The van der Waals surface area contributed by atoms with E-state index in [9.17, 15) is 4.79 Å². The molecule has 86 valence electrons. The van der Waals surface area contributed by atoms with Gasteiger partial charge in [0.1, 0.15) is 11.9 Å². The van der Waals surface area contributed by atoms with Crippen molar-refractivity contribution in [1.29, 1.82) is 0 Å². The number of nitrogens with two attached hydrogens (primary N) is 1. The van der Waals surface area contributed by atoms with Gasteiger partial charge in [0.05, 0.1) is 18.4 Å². The molecule has 1 saturated carbocycles. The number of carbonyl (C=O) groups excluding carboxylic acids is 1. The average molecular weight is 221 g/mol. The third-order valence-electron chi connectivity index (χ3n) is 2.80. The Kier molecular flexibility index (Phi) is 2.99. The van der Waals surface area contributed by atoms with Crippen LogP contribution in [0.2, 0.25) is 0 Å². The quantitative estimate of drug-likeness (QED) is 0.626. The van der Waals surface area contributed by atoms with Crippen molar-refractivity contribution >= 4 is 11.7 Å². The fraction of sp³-hybridized carbons (Fsp3) is 0.417. The van der Waals surface area contributed by atoms with E-state index in [4.69, 9.17) is 15.2 Å². The van der Waals surface area contributed by atoms with Gasteiger partial charge in [0, 0.05) is 0 Å². The maximum Gasteiger partial charge on any atom is 0.338 e. The fourth-order valence-corrected chi connectivity index (χ4v) is 1.55. The van der Waals surface area contributed by atoms with Gasteiger partial charge in [-0.25, -0.2) is 4.79 Å². The molecule has 2 N–H and O–H groups in total. The second-order valence-corrected chi connectivity index (χ2v) is 3.91. The summed E-state index contributed by atoms with van der Waals surface area (Å²) in [7, 11) is 1.52. The molecule has 0 radical (unpaired) electrons. The van der Waals surface area contributed by atoms with Crippen LogP contribution in [0.15, 0.2) is 18.2 Å². The predicted octanol–water partition coefficient (Wildman–Crippen LogP) is 1.99. The highest BCUT2D eigenvalue weighted by Crippen LogP contribution is 2.26. The smallest absolute Gasteiger partial charge is 0.338 e. The molecular weight excluding hydrogens is 206 g/mol. The zero-order chi connectivity index (χ0) is 11.5. The van der Waals surface area contributed by atoms with E-state index in [1.807, 2.05) is 0 Å². The van der Waals surface area contributed by atoms with Crippen LogP contribution in [-0.4, -0.2) is 19.2 Å². The van der Waals surface area contributed by atoms with E-state index in [1.165, 1.54) is 7.11 Å². The number of ether oxygens (including phenoxy) is 2. The van der Waals surface area contributed by atoms with Crippen LogP contribution in [0.5, 0.6) is 5.75 Å². The van der Waals surface area contributed by atoms with Crippen LogP contribution in [-0.2, 0) is 4.74 Å². The van der Waals surface area contributed by atoms with Crippen molar-refractivity contribution in [3.8, 4) is 5.75 Å². The van der Waals surface area contributed by atoms with Crippen LogP contribution in [0, 0.1) is 0 Å². The van der Waals surface area contributed by atoms with Crippen LogP contribution < -0.4 is 10.5 Å². The Labute approximate surface area is 94.3 Å². The molecule has 1 aromatic rings. The standard InChI is InChI=1S/C12H15NO3/c1-15-11-7-8(5-6-10(11)13)12(14)16-9-3-2-4-9/h5-7,9H,2-4,13H2,1H3. The lowest BCUT2D eigenvalue weighted by Crippen LogP contribution is -2.25. The molecule has 0 amide bonds. The molecule has 1 fully saturated rings. The first-order chi connectivity index (χ1) is 7.70. The van der Waals surface area contributed by atoms with Crippen LogP contribution >= 0.6 is 0 Å². The Bertz CT molecular complexity index is 399. The maximum absolute atomic E-state index is 11.7. The van der Waals surface area contributed by atoms with Crippen molar-refractivity contribution in [2.45, 2.75) is 25.4 Å². The van der Waals surface area contributed by atoms with Gasteiger partial charge in [-0.1, -0.05) is 0 Å². The lowest BCUT2D eigenvalue weighted by atomic mass is 9.96. The maximum atomic E-state index is 11.7. The topological polar surface area (TPSA) is 61.5 Å². The van der Waals surface area contributed by atoms with Gasteiger partial charge in [-0.05, 0) is 37.5 Å². The summed E-state index contributed by atoms with van der Waals surface area (Å²) >= 11 is 0. The SMILES string of the molecule is COc1cc(C(=O)OC2CCC2)ccc1N. The fourth-order valence-electron chi connectivity index (χ4n) is 1.55. The zero-order valence-corrected chi connectivity index (χ0v) is 9.23. The van der Waals surface area contributed by atoms with Gasteiger partial charge in [0.15, 0.2) is 0 Å². The highest BCUT2D eigenvalue weighted by molar-refractivity contribution is 5.90. The van der Waals surface area contributed by atoms with E-state index in [-0.39, 0.29) is 12.1 Å². The minimum atomic E-state index is -0.303. The molecule has 0 aliphatic heterocycles. The van der Waals surface area contributed by atoms with E-state index in [2.05, 4.69) is 0 Å². The Morgan fingerprint density at radius 1 is 1.44 bits per heavy atom. The molecule has 2 rings (SSSR count). The van der Waals surface area contributed by atoms with E-state index in [1.54, 1.807) is 18.2 Å². The van der Waals surface area contributed by atoms with Gasteiger partial charge >= 0.3 is 5.97 Å². The third kappa shape index (κ3) is 2.10. The van der Waals surface area contributed by atoms with E-state index in [0.717, 1.165) is 19.3 Å². The minimum absolute atomic E-state index is 0.0936. The molecule has 0 saturated heterocycles. The number of methoxy groups -OCH3 is 1. The normalized spacial score (nSPS) is 15.3. The van der Waals surface area contributed by atoms with Gasteiger partial charge in [-0.2, -0.15) is 0 Å². The van der Waals surface area contributed by atoms with Crippen molar-refractivity contribution < 1.29 is 14.3 Å². The summed E-state index contributed by atoms with van der Waals surface area (Å²) in [4.78, 5) is 11.7. The number of benzene rings is 1. The summed E-state index contributed by atoms with van der Waals surface area (Å²) < 4.78 is 10.3. The molecule has 1 aliphatic carbocycles. The molecule has 4 nitrogen and oxygen atoms in total. The molecule has 0 bridgehead atoms.